The molecule has 0 aromatic heterocycles. The van der Waals surface area contributed by atoms with Gasteiger partial charge in [-0.3, -0.25) is 19.2 Å². The molecule has 0 saturated carbocycles. The van der Waals surface area contributed by atoms with E-state index in [0.717, 1.165) is 6.42 Å². The fraction of sp³-hybridized carbons (Fsp3) is 0.722. The molecule has 0 bridgehead atoms. The Morgan fingerprint density at radius 3 is 2.16 bits per heavy atom. The minimum Gasteiger partial charge on any atom is -0.480 e. The summed E-state index contributed by atoms with van der Waals surface area (Å²) in [7, 11) is 0. The van der Waals surface area contributed by atoms with Crippen molar-refractivity contribution in [2.75, 3.05) is 19.7 Å². The van der Waals surface area contributed by atoms with Gasteiger partial charge in [0.1, 0.15) is 18.1 Å². The third-order valence-corrected chi connectivity index (χ3v) is 4.79. The van der Waals surface area contributed by atoms with Gasteiger partial charge in [-0.25, -0.2) is 4.79 Å². The molecule has 4 unspecified atom stereocenters. The fourth-order valence-corrected chi connectivity index (χ4v) is 3.08. The van der Waals surface area contributed by atoms with Crippen LogP contribution in [0, 0.1) is 0 Å². The highest BCUT2D eigenvalue weighted by Gasteiger charge is 2.31. The predicted molar refractivity (Wildman–Crippen MR) is 108 cm³/mol. The molecule has 1 aliphatic heterocycles. The number of nitrogens with one attached hydrogen (secondary N) is 4. The lowest BCUT2D eigenvalue weighted by atomic mass is 10.1. The van der Waals surface area contributed by atoms with Crippen molar-refractivity contribution < 1.29 is 34.2 Å². The van der Waals surface area contributed by atoms with Gasteiger partial charge in [0.2, 0.25) is 23.6 Å². The Morgan fingerprint density at radius 1 is 1.00 bits per heavy atom. The van der Waals surface area contributed by atoms with Gasteiger partial charge < -0.3 is 42.9 Å². The molecule has 1 saturated heterocycles. The number of aliphatic hydroxyl groups is 1. The quantitative estimate of drug-likeness (QED) is 0.123. The number of carboxylic acids is 1. The summed E-state index contributed by atoms with van der Waals surface area (Å²) in [5.41, 5.74) is 10.6. The SMILES string of the molecule is NCCCCC(NC(=O)C(CC(N)=O)NC(=O)C1CCCN1)C(=O)NC(CO)C(=O)O. The highest BCUT2D eigenvalue weighted by molar-refractivity contribution is 5.96. The summed E-state index contributed by atoms with van der Waals surface area (Å²) in [6, 6.07) is -4.50. The summed E-state index contributed by atoms with van der Waals surface area (Å²) in [5.74, 6) is -4.36. The first-order valence-corrected chi connectivity index (χ1v) is 10.2. The van der Waals surface area contributed by atoms with E-state index in [0.29, 0.717) is 32.4 Å². The third-order valence-electron chi connectivity index (χ3n) is 4.79. The maximum absolute atomic E-state index is 12.7. The minimum atomic E-state index is -1.55. The molecule has 10 N–H and O–H groups in total. The average Bonchev–Trinajstić information content (AvgIpc) is 3.25. The van der Waals surface area contributed by atoms with Gasteiger partial charge in [-0.2, -0.15) is 0 Å². The molecule has 31 heavy (non-hydrogen) atoms. The number of rotatable bonds is 14. The molecule has 13 nitrogen and oxygen atoms in total. The van der Waals surface area contributed by atoms with Crippen LogP contribution < -0.4 is 32.7 Å². The Bertz CT molecular complexity index is 653. The zero-order valence-corrected chi connectivity index (χ0v) is 17.3. The molecule has 0 aliphatic carbocycles. The largest absolute Gasteiger partial charge is 0.480 e. The summed E-state index contributed by atoms with van der Waals surface area (Å²) < 4.78 is 0. The Kier molecular flexibility index (Phi) is 11.5. The first-order valence-electron chi connectivity index (χ1n) is 10.2. The van der Waals surface area contributed by atoms with Crippen molar-refractivity contribution in [3.63, 3.8) is 0 Å². The molecular formula is C18H32N6O7. The number of hydrogen-bond acceptors (Lipinski definition) is 8. The van der Waals surface area contributed by atoms with Crippen LogP contribution in [0.2, 0.25) is 0 Å². The molecule has 13 heteroatoms. The summed E-state index contributed by atoms with van der Waals surface area (Å²) >= 11 is 0. The highest BCUT2D eigenvalue weighted by Crippen LogP contribution is 2.07. The van der Waals surface area contributed by atoms with Gasteiger partial charge in [-0.1, -0.05) is 0 Å². The summed E-state index contributed by atoms with van der Waals surface area (Å²) in [6.45, 7) is 0.175. The molecule has 1 heterocycles. The fourth-order valence-electron chi connectivity index (χ4n) is 3.08. The Hall–Kier alpha value is -2.77. The van der Waals surface area contributed by atoms with E-state index in [1.54, 1.807) is 0 Å². The number of carboxylic acid groups (broad SMARTS) is 1. The first kappa shape index (κ1) is 26.3. The number of aliphatic carboxylic acids is 1. The molecule has 0 aromatic carbocycles. The summed E-state index contributed by atoms with van der Waals surface area (Å²) in [5, 5.41) is 28.1. The zero-order valence-electron chi connectivity index (χ0n) is 17.3. The summed E-state index contributed by atoms with van der Waals surface area (Å²) in [6.07, 6.45) is 2.04. The maximum atomic E-state index is 12.7. The van der Waals surface area contributed by atoms with Crippen molar-refractivity contribution in [2.45, 2.75) is 62.7 Å². The van der Waals surface area contributed by atoms with Crippen molar-refractivity contribution >= 4 is 29.6 Å². The van der Waals surface area contributed by atoms with Crippen LogP contribution >= 0.6 is 0 Å². The number of primary amides is 1. The van der Waals surface area contributed by atoms with Crippen LogP contribution in [0.3, 0.4) is 0 Å². The van der Waals surface area contributed by atoms with Crippen LogP contribution in [0.5, 0.6) is 0 Å². The van der Waals surface area contributed by atoms with E-state index in [-0.39, 0.29) is 6.42 Å². The first-order chi connectivity index (χ1) is 14.7. The third kappa shape index (κ3) is 9.27. The van der Waals surface area contributed by atoms with E-state index in [2.05, 4.69) is 21.3 Å². The van der Waals surface area contributed by atoms with Gasteiger partial charge in [0.15, 0.2) is 0 Å². The molecule has 176 valence electrons. The Morgan fingerprint density at radius 2 is 1.65 bits per heavy atom. The predicted octanol–water partition coefficient (Wildman–Crippen LogP) is -3.73. The molecule has 4 atom stereocenters. The van der Waals surface area contributed by atoms with Crippen LogP contribution in [-0.4, -0.2) is 83.7 Å². The second-order valence-electron chi connectivity index (χ2n) is 7.31. The van der Waals surface area contributed by atoms with Crippen molar-refractivity contribution in [1.29, 1.82) is 0 Å². The number of aliphatic hydroxyl groups excluding tert-OH is 1. The molecule has 0 spiro atoms. The molecule has 4 amide bonds. The summed E-state index contributed by atoms with van der Waals surface area (Å²) in [4.78, 5) is 60.0. The van der Waals surface area contributed by atoms with Gasteiger partial charge in [0, 0.05) is 0 Å². The second kappa shape index (κ2) is 13.5. The Labute approximate surface area is 179 Å². The van der Waals surface area contributed by atoms with Crippen LogP contribution in [0.4, 0.5) is 0 Å². The monoisotopic (exact) mass is 444 g/mol. The van der Waals surface area contributed by atoms with E-state index < -0.39 is 66.8 Å². The lowest BCUT2D eigenvalue weighted by Crippen LogP contribution is -2.58. The number of amides is 4. The number of carbonyl (C=O) groups excluding carboxylic acids is 4. The van der Waals surface area contributed by atoms with Crippen LogP contribution in [0.1, 0.15) is 38.5 Å². The van der Waals surface area contributed by atoms with Gasteiger partial charge in [0.05, 0.1) is 19.1 Å². The van der Waals surface area contributed by atoms with Gasteiger partial charge in [0.25, 0.3) is 0 Å². The normalized spacial score (nSPS) is 18.5. The van der Waals surface area contributed by atoms with Crippen LogP contribution in [0.25, 0.3) is 0 Å². The lowest BCUT2D eigenvalue weighted by Gasteiger charge is -2.24. The van der Waals surface area contributed by atoms with E-state index >= 15 is 0 Å². The van der Waals surface area contributed by atoms with Crippen LogP contribution in [-0.2, 0) is 24.0 Å². The van der Waals surface area contributed by atoms with Crippen molar-refractivity contribution in [3.8, 4) is 0 Å². The van der Waals surface area contributed by atoms with Crippen molar-refractivity contribution in [2.24, 2.45) is 11.5 Å². The van der Waals surface area contributed by atoms with Gasteiger partial charge >= 0.3 is 5.97 Å². The highest BCUT2D eigenvalue weighted by atomic mass is 16.4. The molecular weight excluding hydrogens is 412 g/mol. The zero-order chi connectivity index (χ0) is 23.4. The standard InChI is InChI=1S/C18H32N6O7/c19-6-2-1-4-11(16(28)24-13(9-25)18(30)31)22-17(29)12(8-14(20)26)23-15(27)10-5-3-7-21-10/h10-13,21,25H,1-9,19H2,(H2,20,26)(H,22,29)(H,23,27)(H,24,28)(H,30,31). The number of nitrogens with two attached hydrogens (primary N) is 2. The smallest absolute Gasteiger partial charge is 0.328 e. The topological polar surface area (TPSA) is 226 Å². The Balaban J connectivity index is 2.88. The second-order valence-corrected chi connectivity index (χ2v) is 7.31. The molecule has 0 radical (unpaired) electrons. The van der Waals surface area contributed by atoms with E-state index in [9.17, 15) is 24.0 Å². The van der Waals surface area contributed by atoms with E-state index in [4.69, 9.17) is 21.7 Å². The molecule has 1 fully saturated rings. The number of hydrogen-bond donors (Lipinski definition) is 8. The lowest BCUT2D eigenvalue weighted by molar-refractivity contribution is -0.143. The molecule has 1 rings (SSSR count). The minimum absolute atomic E-state index is 0.133. The van der Waals surface area contributed by atoms with Crippen LogP contribution in [0.15, 0.2) is 0 Å². The molecule has 1 aliphatic rings. The van der Waals surface area contributed by atoms with Gasteiger partial charge in [-0.15, -0.1) is 0 Å². The maximum Gasteiger partial charge on any atom is 0.328 e. The van der Waals surface area contributed by atoms with E-state index in [1.165, 1.54) is 0 Å². The van der Waals surface area contributed by atoms with E-state index in [1.807, 2.05) is 0 Å². The van der Waals surface area contributed by atoms with Crippen molar-refractivity contribution in [3.05, 3.63) is 0 Å². The number of unbranched alkanes of at least 4 members (excludes halogenated alkanes) is 1. The average molecular weight is 444 g/mol. The van der Waals surface area contributed by atoms with Crippen molar-refractivity contribution in [1.82, 2.24) is 21.3 Å². The number of carbonyl (C=O) groups is 5. The molecule has 0 aromatic rings. The van der Waals surface area contributed by atoms with Gasteiger partial charge in [-0.05, 0) is 45.2 Å².